The van der Waals surface area contributed by atoms with Crippen molar-refractivity contribution in [3.05, 3.63) is 89.8 Å². The Hall–Kier alpha value is -2.83. The molecule has 0 saturated carbocycles. The quantitative estimate of drug-likeness (QED) is 0.611. The number of benzene rings is 2. The van der Waals surface area contributed by atoms with Gasteiger partial charge in [-0.3, -0.25) is 0 Å². The normalized spacial score (nSPS) is 11.9. The Morgan fingerprint density at radius 3 is 2.33 bits per heavy atom. The number of pyridine rings is 1. The number of nitrogens with one attached hydrogen (secondary N) is 1. The summed E-state index contributed by atoms with van der Waals surface area (Å²) < 4.78 is 31.4. The molecule has 7 heteroatoms. The summed E-state index contributed by atoms with van der Waals surface area (Å²) in [5, 5.41) is 3.32. The molecule has 3 rings (SSSR count). The second-order valence-corrected chi connectivity index (χ2v) is 7.87. The number of ether oxygens (including phenoxy) is 1. The Labute approximate surface area is 163 Å². The van der Waals surface area contributed by atoms with Gasteiger partial charge in [0.25, 0.3) is 0 Å². The van der Waals surface area contributed by atoms with Crippen molar-refractivity contribution in [3.63, 3.8) is 0 Å². The minimum absolute atomic E-state index is 0.0914. The summed E-state index contributed by atoms with van der Waals surface area (Å²) in [5.41, 5.74) is 1.16. The highest BCUT2D eigenvalue weighted by Crippen LogP contribution is 2.28. The number of nitrogens with zero attached hydrogens (tertiary/aromatic N) is 1. The first kappa shape index (κ1) is 18.9. The molecular weight excluding hydrogens is 384 g/mol. The van der Waals surface area contributed by atoms with Crippen molar-refractivity contribution in [1.29, 1.82) is 0 Å². The summed E-state index contributed by atoms with van der Waals surface area (Å²) in [6.45, 7) is 0. The zero-order chi connectivity index (χ0) is 19.3. The molecular formula is C20H17ClN2O3S. The predicted octanol–water partition coefficient (Wildman–Crippen LogP) is 4.63. The fraction of sp³-hybridized carbons (Fsp3) is 0.0500. The minimum Gasteiger partial charge on any atom is -0.497 e. The first-order valence-corrected chi connectivity index (χ1v) is 9.89. The van der Waals surface area contributed by atoms with Crippen molar-refractivity contribution < 1.29 is 13.2 Å². The maximum atomic E-state index is 13.2. The van der Waals surface area contributed by atoms with E-state index in [1.165, 1.54) is 12.4 Å². The molecule has 0 fully saturated rings. The fourth-order valence-electron chi connectivity index (χ4n) is 2.40. The summed E-state index contributed by atoms with van der Waals surface area (Å²) in [6.07, 6.45) is 2.89. The maximum absolute atomic E-state index is 13.2. The lowest BCUT2D eigenvalue weighted by molar-refractivity contribution is 0.415. The van der Waals surface area contributed by atoms with Crippen LogP contribution in [0.4, 0.5) is 5.69 Å². The monoisotopic (exact) mass is 400 g/mol. The third-order valence-electron chi connectivity index (χ3n) is 3.81. The first-order valence-electron chi connectivity index (χ1n) is 8.03. The van der Waals surface area contributed by atoms with Gasteiger partial charge in [-0.1, -0.05) is 29.8 Å². The summed E-state index contributed by atoms with van der Waals surface area (Å²) in [4.78, 5) is 4.29. The third kappa shape index (κ3) is 4.48. The van der Waals surface area contributed by atoms with E-state index in [4.69, 9.17) is 16.3 Å². The van der Waals surface area contributed by atoms with E-state index in [1.54, 1.807) is 73.8 Å². The fourth-order valence-corrected chi connectivity index (χ4v) is 3.93. The van der Waals surface area contributed by atoms with Crippen LogP contribution in [0.15, 0.2) is 84.0 Å². The Morgan fingerprint density at radius 1 is 1.04 bits per heavy atom. The highest BCUT2D eigenvalue weighted by Gasteiger charge is 2.22. The number of sulfone groups is 1. The van der Waals surface area contributed by atoms with Crippen molar-refractivity contribution in [2.75, 3.05) is 12.4 Å². The lowest BCUT2D eigenvalue weighted by atomic mass is 10.2. The lowest BCUT2D eigenvalue weighted by Crippen LogP contribution is -2.06. The molecule has 0 aliphatic carbocycles. The molecule has 0 radical (unpaired) electrons. The molecule has 1 heterocycles. The molecule has 0 spiro atoms. The average molecular weight is 401 g/mol. The lowest BCUT2D eigenvalue weighted by Gasteiger charge is -2.11. The highest BCUT2D eigenvalue weighted by molar-refractivity contribution is 8.00. The number of aromatic nitrogens is 1. The van der Waals surface area contributed by atoms with Crippen molar-refractivity contribution >= 4 is 32.0 Å². The Kier molecular flexibility index (Phi) is 5.78. The molecule has 1 aromatic heterocycles. The molecule has 3 aromatic rings. The van der Waals surface area contributed by atoms with E-state index in [2.05, 4.69) is 10.3 Å². The number of rotatable bonds is 6. The van der Waals surface area contributed by atoms with Gasteiger partial charge in [0.05, 0.1) is 16.9 Å². The van der Waals surface area contributed by atoms with Crippen LogP contribution < -0.4 is 10.1 Å². The van der Waals surface area contributed by atoms with Gasteiger partial charge >= 0.3 is 0 Å². The van der Waals surface area contributed by atoms with Crippen molar-refractivity contribution in [3.8, 4) is 5.75 Å². The van der Waals surface area contributed by atoms with Gasteiger partial charge in [0, 0.05) is 23.6 Å². The minimum atomic E-state index is -3.76. The smallest absolute Gasteiger partial charge is 0.208 e. The largest absolute Gasteiger partial charge is 0.497 e. The van der Waals surface area contributed by atoms with E-state index >= 15 is 0 Å². The van der Waals surface area contributed by atoms with Crippen LogP contribution in [-0.4, -0.2) is 20.5 Å². The molecule has 0 saturated heterocycles. The van der Waals surface area contributed by atoms with Crippen molar-refractivity contribution in [2.24, 2.45) is 0 Å². The molecule has 27 heavy (non-hydrogen) atoms. The van der Waals surface area contributed by atoms with E-state index in [0.29, 0.717) is 16.5 Å². The zero-order valence-electron chi connectivity index (χ0n) is 14.5. The molecule has 5 nitrogen and oxygen atoms in total. The first-order chi connectivity index (χ1) is 13.0. The zero-order valence-corrected chi connectivity index (χ0v) is 16.0. The highest BCUT2D eigenvalue weighted by atomic mass is 35.5. The van der Waals surface area contributed by atoms with Gasteiger partial charge < -0.3 is 10.1 Å². The molecule has 0 aliphatic rings. The van der Waals surface area contributed by atoms with Gasteiger partial charge in [-0.25, -0.2) is 13.4 Å². The Balaban J connectivity index is 2.02. The molecule has 0 aliphatic heterocycles. The summed E-state index contributed by atoms with van der Waals surface area (Å²) >= 11 is 5.84. The topological polar surface area (TPSA) is 68.3 Å². The van der Waals surface area contributed by atoms with Crippen LogP contribution in [0.5, 0.6) is 5.75 Å². The van der Waals surface area contributed by atoms with E-state index in [0.717, 1.165) is 5.69 Å². The van der Waals surface area contributed by atoms with Crippen LogP contribution in [0, 0.1) is 0 Å². The SMILES string of the molecule is COc1ccc(N/C=C(\c2ccc(Cl)nc2)S(=O)(=O)c2ccccc2)cc1. The summed E-state index contributed by atoms with van der Waals surface area (Å²) in [6, 6.07) is 18.6. The molecule has 0 amide bonds. The average Bonchev–Trinajstić information content (AvgIpc) is 2.70. The van der Waals surface area contributed by atoms with Gasteiger partial charge in [0.15, 0.2) is 0 Å². The predicted molar refractivity (Wildman–Crippen MR) is 107 cm³/mol. The molecule has 0 bridgehead atoms. The van der Waals surface area contributed by atoms with Crippen LogP contribution in [-0.2, 0) is 9.84 Å². The van der Waals surface area contributed by atoms with Crippen LogP contribution in [0.1, 0.15) is 5.56 Å². The van der Waals surface area contributed by atoms with Gasteiger partial charge in [0.1, 0.15) is 10.9 Å². The third-order valence-corrected chi connectivity index (χ3v) is 5.86. The van der Waals surface area contributed by atoms with Gasteiger partial charge in [-0.05, 0) is 48.5 Å². The number of halogens is 1. The number of anilines is 1. The molecule has 1 N–H and O–H groups in total. The molecule has 0 atom stereocenters. The van der Waals surface area contributed by atoms with E-state index in [9.17, 15) is 8.42 Å². The molecule has 2 aromatic carbocycles. The van der Waals surface area contributed by atoms with Crippen LogP contribution >= 0.6 is 11.6 Å². The number of methoxy groups -OCH3 is 1. The van der Waals surface area contributed by atoms with Gasteiger partial charge in [-0.15, -0.1) is 0 Å². The standard InChI is InChI=1S/C20H17ClN2O3S/c1-26-17-10-8-16(9-11-17)22-14-19(15-7-12-20(21)23-13-15)27(24,25)18-5-3-2-4-6-18/h2-14,22H,1H3/b19-14+. The van der Waals surface area contributed by atoms with E-state index in [-0.39, 0.29) is 9.80 Å². The summed E-state index contributed by atoms with van der Waals surface area (Å²) in [5.74, 6) is 0.712. The molecule has 0 unspecified atom stereocenters. The van der Waals surface area contributed by atoms with Gasteiger partial charge in [0.2, 0.25) is 9.84 Å². The number of hydrogen-bond acceptors (Lipinski definition) is 5. The van der Waals surface area contributed by atoms with Crippen molar-refractivity contribution in [1.82, 2.24) is 4.98 Å². The summed E-state index contributed by atoms with van der Waals surface area (Å²) in [7, 11) is -2.18. The van der Waals surface area contributed by atoms with E-state index in [1.807, 2.05) is 0 Å². The van der Waals surface area contributed by atoms with E-state index < -0.39 is 9.84 Å². The van der Waals surface area contributed by atoms with Crippen LogP contribution in [0.2, 0.25) is 5.15 Å². The van der Waals surface area contributed by atoms with Crippen LogP contribution in [0.25, 0.3) is 4.91 Å². The van der Waals surface area contributed by atoms with Crippen LogP contribution in [0.3, 0.4) is 0 Å². The van der Waals surface area contributed by atoms with Gasteiger partial charge in [-0.2, -0.15) is 0 Å². The second-order valence-electron chi connectivity index (χ2n) is 5.57. The number of hydrogen-bond donors (Lipinski definition) is 1. The Morgan fingerprint density at radius 2 is 1.74 bits per heavy atom. The Bertz CT molecular complexity index is 1030. The van der Waals surface area contributed by atoms with Crippen molar-refractivity contribution in [2.45, 2.75) is 4.90 Å². The molecule has 138 valence electrons. The maximum Gasteiger partial charge on any atom is 0.208 e. The second kappa shape index (κ2) is 8.24.